The highest BCUT2D eigenvalue weighted by molar-refractivity contribution is 7.15. The molecule has 100 valence electrons. The molecule has 5 heteroatoms. The van der Waals surface area contributed by atoms with Crippen molar-refractivity contribution in [3.8, 4) is 0 Å². The van der Waals surface area contributed by atoms with E-state index in [9.17, 15) is 0 Å². The summed E-state index contributed by atoms with van der Waals surface area (Å²) < 4.78 is 2.19. The lowest BCUT2D eigenvalue weighted by Gasteiger charge is -2.22. The summed E-state index contributed by atoms with van der Waals surface area (Å²) in [6.07, 6.45) is 5.27. The van der Waals surface area contributed by atoms with Crippen molar-refractivity contribution < 1.29 is 0 Å². The predicted octanol–water partition coefficient (Wildman–Crippen LogP) is 2.52. The summed E-state index contributed by atoms with van der Waals surface area (Å²) >= 11 is 1.69. The summed E-state index contributed by atoms with van der Waals surface area (Å²) in [6.45, 7) is 7.22. The zero-order chi connectivity index (χ0) is 13.0. The van der Waals surface area contributed by atoms with Crippen LogP contribution in [0.3, 0.4) is 0 Å². The average molecular weight is 266 g/mol. The van der Waals surface area contributed by atoms with Gasteiger partial charge in [-0.2, -0.15) is 0 Å². The normalized spacial score (nSPS) is 11.3. The molecule has 2 heterocycles. The maximum atomic E-state index is 5.74. The number of rotatable bonds is 7. The Hall–Kier alpha value is -1.07. The van der Waals surface area contributed by atoms with Gasteiger partial charge < -0.3 is 10.6 Å². The van der Waals surface area contributed by atoms with Crippen molar-refractivity contribution in [2.75, 3.05) is 24.5 Å². The molecule has 0 saturated heterocycles. The molecule has 0 aliphatic carbocycles. The summed E-state index contributed by atoms with van der Waals surface area (Å²) in [5, 5.41) is 2.08. The lowest BCUT2D eigenvalue weighted by atomic mass is 10.2. The first-order valence-electron chi connectivity index (χ1n) is 6.71. The van der Waals surface area contributed by atoms with Crippen LogP contribution < -0.4 is 10.6 Å². The minimum Gasteiger partial charge on any atom is -0.355 e. The number of hydrogen-bond acceptors (Lipinski definition) is 4. The zero-order valence-corrected chi connectivity index (χ0v) is 12.0. The fraction of sp³-hybridized carbons (Fsp3) is 0.615. The van der Waals surface area contributed by atoms with Crippen LogP contribution in [0.2, 0.25) is 0 Å². The van der Waals surface area contributed by atoms with Gasteiger partial charge >= 0.3 is 0 Å². The molecule has 2 rings (SSSR count). The van der Waals surface area contributed by atoms with Crippen molar-refractivity contribution in [3.05, 3.63) is 17.3 Å². The molecule has 0 saturated carbocycles. The van der Waals surface area contributed by atoms with Crippen molar-refractivity contribution in [2.24, 2.45) is 5.73 Å². The monoisotopic (exact) mass is 266 g/mol. The molecule has 0 unspecified atom stereocenters. The van der Waals surface area contributed by atoms with Gasteiger partial charge in [0.05, 0.1) is 5.69 Å². The maximum Gasteiger partial charge on any atom is 0.195 e. The highest BCUT2D eigenvalue weighted by Crippen LogP contribution is 2.25. The first-order chi connectivity index (χ1) is 8.81. The van der Waals surface area contributed by atoms with Crippen LogP contribution in [-0.2, 0) is 6.42 Å². The molecule has 2 aromatic rings. The lowest BCUT2D eigenvalue weighted by molar-refractivity contribution is 0.729. The summed E-state index contributed by atoms with van der Waals surface area (Å²) in [7, 11) is 0. The molecule has 0 bridgehead atoms. The molecule has 2 N–H and O–H groups in total. The number of hydrogen-bond donors (Lipinski definition) is 1. The van der Waals surface area contributed by atoms with E-state index in [1.54, 1.807) is 11.3 Å². The molecule has 0 aliphatic rings. The van der Waals surface area contributed by atoms with E-state index in [4.69, 9.17) is 10.7 Å². The molecule has 0 atom stereocenters. The largest absolute Gasteiger partial charge is 0.355 e. The average Bonchev–Trinajstić information content (AvgIpc) is 2.92. The van der Waals surface area contributed by atoms with Crippen molar-refractivity contribution in [1.82, 2.24) is 9.38 Å². The van der Waals surface area contributed by atoms with Crippen LogP contribution >= 0.6 is 11.3 Å². The quantitative estimate of drug-likeness (QED) is 0.837. The summed E-state index contributed by atoms with van der Waals surface area (Å²) in [4.78, 5) is 8.25. The Morgan fingerprint density at radius 3 is 2.67 bits per heavy atom. The first kappa shape index (κ1) is 13.4. The highest BCUT2D eigenvalue weighted by Gasteiger charge is 2.17. The molecule has 0 spiro atoms. The second-order valence-electron chi connectivity index (χ2n) is 4.46. The Kier molecular flexibility index (Phi) is 4.60. The molecule has 0 radical (unpaired) electrons. The van der Waals surface area contributed by atoms with Crippen molar-refractivity contribution >= 4 is 22.1 Å². The second kappa shape index (κ2) is 6.20. The minimum atomic E-state index is 0.669. The Labute approximate surface area is 112 Å². The lowest BCUT2D eigenvalue weighted by Crippen LogP contribution is -2.26. The number of aromatic nitrogens is 2. The topological polar surface area (TPSA) is 46.6 Å². The van der Waals surface area contributed by atoms with E-state index in [2.05, 4.69) is 34.7 Å². The van der Waals surface area contributed by atoms with Gasteiger partial charge in [0.15, 0.2) is 10.8 Å². The van der Waals surface area contributed by atoms with E-state index in [0.717, 1.165) is 43.1 Å². The molecule has 4 nitrogen and oxygen atoms in total. The zero-order valence-electron chi connectivity index (χ0n) is 11.2. The van der Waals surface area contributed by atoms with Gasteiger partial charge in [0.25, 0.3) is 0 Å². The number of thiazole rings is 1. The SMILES string of the molecule is CCCN(CCC)c1nc2sccn2c1CCN. The molecule has 0 aliphatic heterocycles. The molecular formula is C13H22N4S. The fourth-order valence-corrected chi connectivity index (χ4v) is 3.03. The van der Waals surface area contributed by atoms with Crippen LogP contribution in [0.1, 0.15) is 32.4 Å². The van der Waals surface area contributed by atoms with Gasteiger partial charge in [-0.15, -0.1) is 11.3 Å². The molecule has 0 fully saturated rings. The van der Waals surface area contributed by atoms with Gasteiger partial charge in [0.1, 0.15) is 0 Å². The van der Waals surface area contributed by atoms with Gasteiger partial charge in [0.2, 0.25) is 0 Å². The van der Waals surface area contributed by atoms with Gasteiger partial charge in [-0.3, -0.25) is 4.40 Å². The molecule has 0 amide bonds. The van der Waals surface area contributed by atoms with Crippen LogP contribution in [0.5, 0.6) is 0 Å². The van der Waals surface area contributed by atoms with E-state index in [-0.39, 0.29) is 0 Å². The van der Waals surface area contributed by atoms with E-state index in [0.29, 0.717) is 6.54 Å². The number of nitrogens with two attached hydrogens (primary N) is 1. The van der Waals surface area contributed by atoms with Crippen LogP contribution in [0, 0.1) is 0 Å². The van der Waals surface area contributed by atoms with Crippen molar-refractivity contribution in [3.63, 3.8) is 0 Å². The van der Waals surface area contributed by atoms with Gasteiger partial charge in [-0.05, 0) is 19.4 Å². The van der Waals surface area contributed by atoms with Crippen molar-refractivity contribution in [1.29, 1.82) is 0 Å². The van der Waals surface area contributed by atoms with E-state index in [1.807, 2.05) is 0 Å². The first-order valence-corrected chi connectivity index (χ1v) is 7.59. The number of imidazole rings is 1. The minimum absolute atomic E-state index is 0.669. The predicted molar refractivity (Wildman–Crippen MR) is 78.6 cm³/mol. The third-order valence-electron chi connectivity index (χ3n) is 3.01. The van der Waals surface area contributed by atoms with Crippen LogP contribution in [0.15, 0.2) is 11.6 Å². The van der Waals surface area contributed by atoms with Crippen molar-refractivity contribution in [2.45, 2.75) is 33.1 Å². The van der Waals surface area contributed by atoms with Crippen LogP contribution in [0.25, 0.3) is 4.96 Å². The summed E-state index contributed by atoms with van der Waals surface area (Å²) in [5.41, 5.74) is 7.00. The fourth-order valence-electron chi connectivity index (χ4n) is 2.31. The van der Waals surface area contributed by atoms with Crippen LogP contribution in [-0.4, -0.2) is 29.0 Å². The van der Waals surface area contributed by atoms with Gasteiger partial charge in [0, 0.05) is 31.1 Å². The van der Waals surface area contributed by atoms with Gasteiger partial charge in [-0.1, -0.05) is 13.8 Å². The third kappa shape index (κ3) is 2.52. The highest BCUT2D eigenvalue weighted by atomic mass is 32.1. The third-order valence-corrected chi connectivity index (χ3v) is 3.76. The number of fused-ring (bicyclic) bond motifs is 1. The Balaban J connectivity index is 2.39. The number of anilines is 1. The van der Waals surface area contributed by atoms with Gasteiger partial charge in [-0.25, -0.2) is 4.98 Å². The molecular weight excluding hydrogens is 244 g/mol. The second-order valence-corrected chi connectivity index (χ2v) is 5.34. The Morgan fingerprint density at radius 1 is 1.33 bits per heavy atom. The van der Waals surface area contributed by atoms with E-state index >= 15 is 0 Å². The van der Waals surface area contributed by atoms with E-state index < -0.39 is 0 Å². The van der Waals surface area contributed by atoms with E-state index in [1.165, 1.54) is 5.69 Å². The summed E-state index contributed by atoms with van der Waals surface area (Å²) in [6, 6.07) is 0. The molecule has 18 heavy (non-hydrogen) atoms. The Bertz CT molecular complexity index is 482. The molecule has 0 aromatic carbocycles. The summed E-state index contributed by atoms with van der Waals surface area (Å²) in [5.74, 6) is 1.14. The van der Waals surface area contributed by atoms with Crippen LogP contribution in [0.4, 0.5) is 5.82 Å². The number of nitrogens with zero attached hydrogens (tertiary/aromatic N) is 3. The maximum absolute atomic E-state index is 5.74. The Morgan fingerprint density at radius 2 is 2.06 bits per heavy atom. The standard InChI is InChI=1S/C13H22N4S/c1-3-7-16(8-4-2)12-11(5-6-14)17-9-10-18-13(17)15-12/h9-10H,3-8,14H2,1-2H3. The molecule has 2 aromatic heterocycles. The smallest absolute Gasteiger partial charge is 0.195 e.